The molecule has 0 saturated carbocycles. The minimum atomic E-state index is -1.31. The molecule has 204 valence electrons. The molecule has 8 nitrogen and oxygen atoms in total. The van der Waals surface area contributed by atoms with Crippen LogP contribution < -0.4 is 4.90 Å². The molecule has 1 aliphatic heterocycles. The number of allylic oxidation sites excluding steroid dienone is 2. The zero-order valence-electron chi connectivity index (χ0n) is 23.1. The second kappa shape index (κ2) is 9.52. The fourth-order valence-corrected chi connectivity index (χ4v) is 6.99. The normalized spacial score (nSPS) is 22.4. The van der Waals surface area contributed by atoms with Gasteiger partial charge in [0.2, 0.25) is 0 Å². The van der Waals surface area contributed by atoms with Gasteiger partial charge < -0.3 is 9.45 Å². The highest BCUT2D eigenvalue weighted by Gasteiger charge is 2.46. The molecule has 1 aromatic carbocycles. The number of aromatic amines is 1. The lowest BCUT2D eigenvalue weighted by Gasteiger charge is -2.33. The number of rotatable bonds is 3. The Bertz CT molecular complexity index is 1670. The van der Waals surface area contributed by atoms with Gasteiger partial charge in [0.1, 0.15) is 21.8 Å². The van der Waals surface area contributed by atoms with Gasteiger partial charge in [0.15, 0.2) is 17.0 Å². The van der Waals surface area contributed by atoms with Gasteiger partial charge in [-0.3, -0.25) is 10.1 Å². The maximum Gasteiger partial charge on any atom is 0.183 e. The molecule has 1 unspecified atom stereocenters. The predicted octanol–water partition coefficient (Wildman–Crippen LogP) is 5.89. The molecule has 4 aromatic rings. The van der Waals surface area contributed by atoms with Crippen molar-refractivity contribution in [2.24, 2.45) is 9.81 Å². The Morgan fingerprint density at radius 1 is 1.10 bits per heavy atom. The summed E-state index contributed by atoms with van der Waals surface area (Å²) in [6, 6.07) is 12.5. The van der Waals surface area contributed by atoms with Crippen LogP contribution in [0.25, 0.3) is 16.7 Å². The van der Waals surface area contributed by atoms with E-state index in [0.29, 0.717) is 5.65 Å². The van der Waals surface area contributed by atoms with E-state index < -0.39 is 16.1 Å². The highest BCUT2D eigenvalue weighted by atomic mass is 32.2. The van der Waals surface area contributed by atoms with Crippen molar-refractivity contribution < 1.29 is 4.55 Å². The van der Waals surface area contributed by atoms with Gasteiger partial charge in [0.05, 0.1) is 23.3 Å². The third kappa shape index (κ3) is 4.23. The summed E-state index contributed by atoms with van der Waals surface area (Å²) in [5, 5.41) is 7.76. The molecule has 0 fully saturated rings. The summed E-state index contributed by atoms with van der Waals surface area (Å²) in [7, 11) is 0. The van der Waals surface area contributed by atoms with E-state index in [1.807, 2.05) is 39.2 Å². The fraction of sp³-hybridized carbons (Fsp3) is 0.387. The number of hydrogen-bond donors (Lipinski definition) is 1. The van der Waals surface area contributed by atoms with E-state index in [1.54, 1.807) is 0 Å². The number of benzene rings is 1. The number of anilines is 2. The molecule has 3 aliphatic rings. The number of aromatic nitrogens is 5. The molecule has 0 bridgehead atoms. The van der Waals surface area contributed by atoms with Gasteiger partial charge in [-0.1, -0.05) is 34.7 Å². The Hall–Kier alpha value is -3.56. The van der Waals surface area contributed by atoms with Crippen LogP contribution in [0.5, 0.6) is 0 Å². The average molecular weight is 552 g/mol. The summed E-state index contributed by atoms with van der Waals surface area (Å²) in [6.07, 6.45) is 11.6. The van der Waals surface area contributed by atoms with E-state index in [4.69, 9.17) is 14.4 Å². The second-order valence-electron chi connectivity index (χ2n) is 12.1. The third-order valence-electron chi connectivity index (χ3n) is 8.40. The smallest absolute Gasteiger partial charge is 0.183 e. The maximum atomic E-state index is 13.1. The summed E-state index contributed by atoms with van der Waals surface area (Å²) in [6.45, 7) is 6.82. The van der Waals surface area contributed by atoms with Gasteiger partial charge in [0, 0.05) is 23.7 Å². The van der Waals surface area contributed by atoms with Crippen LogP contribution in [0.4, 0.5) is 11.5 Å². The fourth-order valence-electron chi connectivity index (χ4n) is 6.26. The number of hydrogen-bond acceptors (Lipinski definition) is 7. The highest BCUT2D eigenvalue weighted by molar-refractivity contribution is 7.91. The molecule has 4 heterocycles. The lowest BCUT2D eigenvalue weighted by atomic mass is 9.71. The standard InChI is InChI=1S/C31H33N7OS/c1-30(2,3)40(39)37-27-22-9-5-4-8-21(22)18-31(27)14-12-20(13-15-31)24-19-33-26-28(34-24)35-36-29(26)38-17-7-10-23-25(38)11-6-16-32-23/h4-6,8-9,11-12,16,19H,7,10,13-15,17-18H2,1-3H3,(H,34,35,36)/b37-27+/t31?,40-/m1/s1. The molecule has 1 N–H and O–H groups in total. The average Bonchev–Trinajstić information content (AvgIpc) is 3.51. The van der Waals surface area contributed by atoms with Crippen LogP contribution in [0.1, 0.15) is 69.0 Å². The van der Waals surface area contributed by atoms with Crippen molar-refractivity contribution in [1.82, 2.24) is 25.1 Å². The Kier molecular flexibility index (Phi) is 6.05. The van der Waals surface area contributed by atoms with Gasteiger partial charge >= 0.3 is 0 Å². The van der Waals surface area contributed by atoms with Crippen molar-refractivity contribution in [2.45, 2.75) is 64.0 Å². The highest BCUT2D eigenvalue weighted by Crippen LogP contribution is 2.49. The van der Waals surface area contributed by atoms with Gasteiger partial charge in [-0.2, -0.15) is 5.10 Å². The largest absolute Gasteiger partial charge is 0.591 e. The van der Waals surface area contributed by atoms with Gasteiger partial charge in [-0.25, -0.2) is 9.97 Å². The zero-order chi connectivity index (χ0) is 27.5. The summed E-state index contributed by atoms with van der Waals surface area (Å²) in [5.41, 5.74) is 9.04. The molecule has 2 atom stereocenters. The first-order valence-corrected chi connectivity index (χ1v) is 15.1. The predicted molar refractivity (Wildman–Crippen MR) is 160 cm³/mol. The first-order valence-electron chi connectivity index (χ1n) is 14.0. The quantitative estimate of drug-likeness (QED) is 0.318. The first-order chi connectivity index (χ1) is 19.3. The summed E-state index contributed by atoms with van der Waals surface area (Å²) in [4.78, 5) is 16.6. The van der Waals surface area contributed by atoms with E-state index in [1.165, 1.54) is 11.1 Å². The number of H-pyrrole nitrogens is 1. The van der Waals surface area contributed by atoms with Crippen LogP contribution in [-0.2, 0) is 24.2 Å². The van der Waals surface area contributed by atoms with Crippen LogP contribution in [0.2, 0.25) is 0 Å². The molecular weight excluding hydrogens is 518 g/mol. The third-order valence-corrected chi connectivity index (χ3v) is 9.80. The Balaban J connectivity index is 1.19. The minimum Gasteiger partial charge on any atom is -0.591 e. The monoisotopic (exact) mass is 551 g/mol. The lowest BCUT2D eigenvalue weighted by molar-refractivity contribution is 0.394. The van der Waals surface area contributed by atoms with E-state index in [2.05, 4.69) is 56.5 Å². The molecule has 3 aromatic heterocycles. The molecule has 1 spiro atoms. The molecule has 0 amide bonds. The lowest BCUT2D eigenvalue weighted by Crippen LogP contribution is -2.34. The van der Waals surface area contributed by atoms with Crippen LogP contribution in [0, 0.1) is 5.41 Å². The summed E-state index contributed by atoms with van der Waals surface area (Å²) >= 11 is -1.31. The second-order valence-corrected chi connectivity index (χ2v) is 14.0. The Morgan fingerprint density at radius 2 is 1.98 bits per heavy atom. The van der Waals surface area contributed by atoms with Gasteiger partial charge in [-0.05, 0) is 82.6 Å². The molecule has 0 saturated heterocycles. The molecule has 7 rings (SSSR count). The van der Waals surface area contributed by atoms with Gasteiger partial charge in [0.25, 0.3) is 0 Å². The van der Waals surface area contributed by atoms with E-state index in [-0.39, 0.29) is 5.41 Å². The van der Waals surface area contributed by atoms with Crippen LogP contribution in [0.15, 0.2) is 59.3 Å². The van der Waals surface area contributed by atoms with Crippen LogP contribution >= 0.6 is 0 Å². The number of pyridine rings is 1. The van der Waals surface area contributed by atoms with E-state index >= 15 is 0 Å². The van der Waals surface area contributed by atoms with Gasteiger partial charge in [-0.15, -0.1) is 0 Å². The molecule has 40 heavy (non-hydrogen) atoms. The number of fused-ring (bicyclic) bond motifs is 3. The molecule has 2 aliphatic carbocycles. The van der Waals surface area contributed by atoms with E-state index in [9.17, 15) is 4.55 Å². The maximum absolute atomic E-state index is 13.1. The van der Waals surface area contributed by atoms with Crippen molar-refractivity contribution in [3.05, 3.63) is 77.4 Å². The zero-order valence-corrected chi connectivity index (χ0v) is 24.0. The molecular formula is C31H33N7OS. The van der Waals surface area contributed by atoms with E-state index in [0.717, 1.165) is 84.8 Å². The molecule has 9 heteroatoms. The SMILES string of the molecule is CC(C)(C)[S@@+]([O-])/N=C1\c2ccccc2CC12CC=C(c1cnc3c(N4CCCc5ncccc54)n[nH]c3n1)CC2. The minimum absolute atomic E-state index is 0.136. The van der Waals surface area contributed by atoms with Crippen molar-refractivity contribution in [3.63, 3.8) is 0 Å². The number of nitrogens with one attached hydrogen (secondary N) is 1. The summed E-state index contributed by atoms with van der Waals surface area (Å²) < 4.78 is 17.6. The summed E-state index contributed by atoms with van der Waals surface area (Å²) in [5.74, 6) is 0.802. The van der Waals surface area contributed by atoms with Crippen molar-refractivity contribution in [2.75, 3.05) is 11.4 Å². The van der Waals surface area contributed by atoms with Crippen LogP contribution in [-0.4, -0.2) is 46.7 Å². The number of nitrogens with zero attached hydrogens (tertiary/aromatic N) is 6. The Morgan fingerprint density at radius 3 is 2.80 bits per heavy atom. The Labute approximate surface area is 237 Å². The van der Waals surface area contributed by atoms with Crippen molar-refractivity contribution in [1.29, 1.82) is 0 Å². The van der Waals surface area contributed by atoms with Crippen molar-refractivity contribution >= 4 is 45.3 Å². The molecule has 0 radical (unpaired) electrons. The van der Waals surface area contributed by atoms with Crippen molar-refractivity contribution in [3.8, 4) is 0 Å². The topological polar surface area (TPSA) is 106 Å². The first kappa shape index (κ1) is 25.4. The van der Waals surface area contributed by atoms with Crippen LogP contribution in [0.3, 0.4) is 0 Å². The number of aryl methyl sites for hydroxylation is 1.